The van der Waals surface area contributed by atoms with Gasteiger partial charge in [-0.3, -0.25) is 0 Å². The van der Waals surface area contributed by atoms with Gasteiger partial charge in [0.2, 0.25) is 10.0 Å². The van der Waals surface area contributed by atoms with Gasteiger partial charge in [-0.1, -0.05) is 6.07 Å². The largest absolute Gasteiger partial charge is 0.399 e. The molecule has 4 bridgehead atoms. The third-order valence-corrected chi connectivity index (χ3v) is 7.13. The molecule has 0 spiro atoms. The summed E-state index contributed by atoms with van der Waals surface area (Å²) >= 11 is 0. The highest BCUT2D eigenvalue weighted by atomic mass is 32.2. The molecule has 114 valence electrons. The average molecular weight is 306 g/mol. The van der Waals surface area contributed by atoms with E-state index >= 15 is 0 Å². The first-order valence-corrected chi connectivity index (χ1v) is 9.32. The van der Waals surface area contributed by atoms with Crippen molar-refractivity contribution in [2.24, 2.45) is 17.8 Å². The summed E-state index contributed by atoms with van der Waals surface area (Å²) in [6.07, 6.45) is 6.96. The van der Waals surface area contributed by atoms with Crippen LogP contribution in [0.5, 0.6) is 0 Å². The first-order chi connectivity index (χ1) is 9.94. The van der Waals surface area contributed by atoms with E-state index in [0.29, 0.717) is 10.6 Å². The van der Waals surface area contributed by atoms with Crippen molar-refractivity contribution in [1.82, 2.24) is 4.72 Å². The fourth-order valence-corrected chi connectivity index (χ4v) is 6.75. The average Bonchev–Trinajstić information content (AvgIpc) is 2.35. The highest BCUT2D eigenvalue weighted by molar-refractivity contribution is 7.89. The molecule has 4 aliphatic rings. The lowest BCUT2D eigenvalue weighted by molar-refractivity contribution is -0.00810. The molecule has 1 aromatic carbocycles. The van der Waals surface area contributed by atoms with Crippen LogP contribution in [0.1, 0.15) is 38.5 Å². The molecule has 5 heteroatoms. The minimum absolute atomic E-state index is 0.196. The number of nitrogens with two attached hydrogens (primary N) is 1. The van der Waals surface area contributed by atoms with Gasteiger partial charge in [-0.15, -0.1) is 0 Å². The number of hydrogen-bond donors (Lipinski definition) is 2. The number of benzene rings is 1. The molecule has 4 aliphatic carbocycles. The number of sulfonamides is 1. The maximum absolute atomic E-state index is 12.7. The predicted molar refractivity (Wildman–Crippen MR) is 82.1 cm³/mol. The van der Waals surface area contributed by atoms with Crippen LogP contribution in [0.25, 0.3) is 0 Å². The second-order valence-electron chi connectivity index (χ2n) is 7.38. The van der Waals surface area contributed by atoms with Crippen molar-refractivity contribution in [1.29, 1.82) is 0 Å². The van der Waals surface area contributed by atoms with Crippen molar-refractivity contribution in [2.75, 3.05) is 5.73 Å². The van der Waals surface area contributed by atoms with Crippen molar-refractivity contribution in [3.63, 3.8) is 0 Å². The fraction of sp³-hybridized carbons (Fsp3) is 0.625. The first kappa shape index (κ1) is 13.6. The summed E-state index contributed by atoms with van der Waals surface area (Å²) in [5, 5.41) is 0. The SMILES string of the molecule is Nc1cccc(S(=O)(=O)NC23CC4CC(CC(C4)C2)C3)c1. The Hall–Kier alpha value is -1.07. The van der Waals surface area contributed by atoms with Crippen molar-refractivity contribution < 1.29 is 8.42 Å². The van der Waals surface area contributed by atoms with Gasteiger partial charge in [0, 0.05) is 11.2 Å². The Labute approximate surface area is 126 Å². The van der Waals surface area contributed by atoms with Crippen LogP contribution in [0.3, 0.4) is 0 Å². The quantitative estimate of drug-likeness (QED) is 0.843. The van der Waals surface area contributed by atoms with Crippen LogP contribution in [0.2, 0.25) is 0 Å². The van der Waals surface area contributed by atoms with Gasteiger partial charge in [-0.25, -0.2) is 13.1 Å². The fourth-order valence-electron chi connectivity index (χ4n) is 5.26. The summed E-state index contributed by atoms with van der Waals surface area (Å²) in [4.78, 5) is 0.290. The third-order valence-electron chi connectivity index (χ3n) is 5.56. The highest BCUT2D eigenvalue weighted by Crippen LogP contribution is 2.55. The van der Waals surface area contributed by atoms with Crippen LogP contribution in [0, 0.1) is 17.8 Å². The molecule has 0 atom stereocenters. The van der Waals surface area contributed by atoms with E-state index in [-0.39, 0.29) is 5.54 Å². The van der Waals surface area contributed by atoms with E-state index in [1.54, 1.807) is 24.3 Å². The Morgan fingerprint density at radius 2 is 1.62 bits per heavy atom. The monoisotopic (exact) mass is 306 g/mol. The summed E-state index contributed by atoms with van der Waals surface area (Å²) < 4.78 is 28.5. The number of nitrogen functional groups attached to an aromatic ring is 1. The van der Waals surface area contributed by atoms with E-state index < -0.39 is 10.0 Å². The minimum atomic E-state index is -3.48. The van der Waals surface area contributed by atoms with Gasteiger partial charge in [0.15, 0.2) is 0 Å². The molecule has 5 rings (SSSR count). The number of nitrogens with one attached hydrogen (secondary N) is 1. The Morgan fingerprint density at radius 3 is 2.14 bits per heavy atom. The molecule has 4 nitrogen and oxygen atoms in total. The minimum Gasteiger partial charge on any atom is -0.399 e. The second-order valence-corrected chi connectivity index (χ2v) is 9.06. The zero-order chi connectivity index (χ0) is 14.7. The molecular weight excluding hydrogens is 284 g/mol. The summed E-state index contributed by atoms with van der Waals surface area (Å²) in [6, 6.07) is 6.58. The molecule has 1 aromatic rings. The predicted octanol–water partition coefficient (Wildman–Crippen LogP) is 2.52. The molecular formula is C16H22N2O2S. The molecule has 21 heavy (non-hydrogen) atoms. The normalized spacial score (nSPS) is 37.8. The van der Waals surface area contributed by atoms with Gasteiger partial charge in [0.05, 0.1) is 4.90 Å². The van der Waals surface area contributed by atoms with Crippen molar-refractivity contribution in [2.45, 2.75) is 49.0 Å². The molecule has 0 aliphatic heterocycles. The Bertz CT molecular complexity index is 633. The standard InChI is InChI=1S/C16H22N2O2S/c17-14-2-1-3-15(7-14)21(19,20)18-16-8-11-4-12(9-16)6-13(5-11)10-16/h1-3,7,11-13,18H,4-6,8-10,17H2. The first-order valence-electron chi connectivity index (χ1n) is 7.84. The van der Waals surface area contributed by atoms with Gasteiger partial charge in [0.25, 0.3) is 0 Å². The van der Waals surface area contributed by atoms with Gasteiger partial charge in [0.1, 0.15) is 0 Å². The molecule has 0 saturated heterocycles. The van der Waals surface area contributed by atoms with E-state index in [1.807, 2.05) is 0 Å². The van der Waals surface area contributed by atoms with Gasteiger partial charge in [-0.05, 0) is 74.5 Å². The smallest absolute Gasteiger partial charge is 0.241 e. The van der Waals surface area contributed by atoms with Gasteiger partial charge in [-0.2, -0.15) is 0 Å². The van der Waals surface area contributed by atoms with Crippen LogP contribution in [0.15, 0.2) is 29.2 Å². The molecule has 0 aromatic heterocycles. The lowest BCUT2D eigenvalue weighted by Gasteiger charge is -2.56. The molecule has 0 heterocycles. The maximum atomic E-state index is 12.7. The molecule has 4 saturated carbocycles. The molecule has 0 unspecified atom stereocenters. The van der Waals surface area contributed by atoms with Crippen LogP contribution in [-0.2, 0) is 10.0 Å². The van der Waals surface area contributed by atoms with Crippen LogP contribution in [-0.4, -0.2) is 14.0 Å². The molecule has 0 amide bonds. The Balaban J connectivity index is 1.63. The second kappa shape index (κ2) is 4.46. The summed E-state index contributed by atoms with van der Waals surface area (Å²) in [5.41, 5.74) is 6.02. The molecule has 4 fully saturated rings. The summed E-state index contributed by atoms with van der Waals surface area (Å²) in [6.45, 7) is 0. The summed E-state index contributed by atoms with van der Waals surface area (Å²) in [5.74, 6) is 2.17. The van der Waals surface area contributed by atoms with Gasteiger partial charge < -0.3 is 5.73 Å². The van der Waals surface area contributed by atoms with E-state index in [0.717, 1.165) is 37.0 Å². The van der Waals surface area contributed by atoms with Crippen molar-refractivity contribution in [3.05, 3.63) is 24.3 Å². The highest BCUT2D eigenvalue weighted by Gasteiger charge is 2.52. The van der Waals surface area contributed by atoms with Gasteiger partial charge >= 0.3 is 0 Å². The molecule has 3 N–H and O–H groups in total. The van der Waals surface area contributed by atoms with Crippen molar-refractivity contribution >= 4 is 15.7 Å². The number of anilines is 1. The Kier molecular flexibility index (Phi) is 2.89. The lowest BCUT2D eigenvalue weighted by atomic mass is 9.53. The Morgan fingerprint density at radius 1 is 1.05 bits per heavy atom. The maximum Gasteiger partial charge on any atom is 0.241 e. The summed E-state index contributed by atoms with van der Waals surface area (Å²) in [7, 11) is -3.48. The van der Waals surface area contributed by atoms with Crippen molar-refractivity contribution in [3.8, 4) is 0 Å². The van der Waals surface area contributed by atoms with E-state index in [9.17, 15) is 8.42 Å². The third kappa shape index (κ3) is 2.36. The topological polar surface area (TPSA) is 72.2 Å². The molecule has 0 radical (unpaired) electrons. The zero-order valence-corrected chi connectivity index (χ0v) is 12.9. The number of hydrogen-bond acceptors (Lipinski definition) is 3. The van der Waals surface area contributed by atoms with Crippen LogP contribution >= 0.6 is 0 Å². The van der Waals surface area contributed by atoms with Crippen LogP contribution < -0.4 is 10.5 Å². The van der Waals surface area contributed by atoms with E-state index in [2.05, 4.69) is 4.72 Å². The van der Waals surface area contributed by atoms with E-state index in [1.165, 1.54) is 19.3 Å². The van der Waals surface area contributed by atoms with E-state index in [4.69, 9.17) is 5.73 Å². The number of rotatable bonds is 3. The van der Waals surface area contributed by atoms with Crippen LogP contribution in [0.4, 0.5) is 5.69 Å². The lowest BCUT2D eigenvalue weighted by Crippen LogP contribution is -2.59. The zero-order valence-electron chi connectivity index (χ0n) is 12.1.